The minimum absolute atomic E-state index is 0.0317. The lowest BCUT2D eigenvalue weighted by atomic mass is 9.87. The Hall–Kier alpha value is -7.06. The number of hydrogen-bond donors (Lipinski definition) is 6. The summed E-state index contributed by atoms with van der Waals surface area (Å²) in [7, 11) is 1.21. The third kappa shape index (κ3) is 6.77. The summed E-state index contributed by atoms with van der Waals surface area (Å²) in [5.74, 6) is -2.13. The fraction of sp³-hybridized carbons (Fsp3) is 0.114. The van der Waals surface area contributed by atoms with Crippen LogP contribution in [0.1, 0.15) is 43.2 Å². The number of para-hydroxylation sites is 2. The van der Waals surface area contributed by atoms with Crippen LogP contribution in [0.15, 0.2) is 106 Å². The minimum Gasteiger partial charge on any atom is -0.507 e. The Morgan fingerprint density at radius 2 is 1.40 bits per heavy atom. The van der Waals surface area contributed by atoms with Gasteiger partial charge in [-0.3, -0.25) is 4.79 Å². The van der Waals surface area contributed by atoms with Crippen LogP contribution in [0.2, 0.25) is 5.02 Å². The highest BCUT2D eigenvalue weighted by atomic mass is 35.5. The van der Waals surface area contributed by atoms with Gasteiger partial charge in [-0.1, -0.05) is 48.0 Å². The summed E-state index contributed by atoms with van der Waals surface area (Å²) in [6.45, 7) is -0.703. The van der Waals surface area contributed by atoms with Crippen molar-refractivity contribution in [2.75, 3.05) is 17.7 Å². The van der Waals surface area contributed by atoms with Crippen LogP contribution in [-0.2, 0) is 31.0 Å². The number of nitrogens with zero attached hydrogens (tertiary/aromatic N) is 2. The van der Waals surface area contributed by atoms with Gasteiger partial charge in [0.05, 0.1) is 81.4 Å². The van der Waals surface area contributed by atoms with Crippen LogP contribution in [0.5, 0.6) is 5.75 Å². The largest absolute Gasteiger partial charge is 0.507 e. The number of benzene rings is 5. The van der Waals surface area contributed by atoms with E-state index in [0.717, 1.165) is 10.8 Å². The average molecular weight is 797 g/mol. The van der Waals surface area contributed by atoms with Gasteiger partial charge in [0.1, 0.15) is 17.1 Å². The molecule has 0 unspecified atom stereocenters. The fourth-order valence-corrected chi connectivity index (χ4v) is 7.38. The van der Waals surface area contributed by atoms with Crippen molar-refractivity contribution in [3.05, 3.63) is 146 Å². The highest BCUT2D eigenvalue weighted by Crippen LogP contribution is 2.46. The van der Waals surface area contributed by atoms with Crippen LogP contribution in [0.3, 0.4) is 0 Å². The number of fused-ring (bicyclic) bond motifs is 4. The van der Waals surface area contributed by atoms with E-state index in [9.17, 15) is 34.8 Å². The number of aromatic nitrogens is 2. The van der Waals surface area contributed by atoms with E-state index in [-0.39, 0.29) is 87.4 Å². The van der Waals surface area contributed by atoms with Crippen LogP contribution in [0, 0.1) is 0 Å². The Kier molecular flexibility index (Phi) is 10.1. The Bertz CT molecular complexity index is 2980. The van der Waals surface area contributed by atoms with Gasteiger partial charge < -0.3 is 40.2 Å². The third-order valence-electron chi connectivity index (χ3n) is 9.99. The number of aromatic carboxylic acids is 1. The number of halogens is 1. The van der Waals surface area contributed by atoms with E-state index in [1.165, 1.54) is 37.4 Å². The number of nitrogens with one attached hydrogen (secondary N) is 2. The maximum absolute atomic E-state index is 14.0. The number of aliphatic hydroxyl groups excluding tert-OH is 2. The minimum atomic E-state index is -1.29. The van der Waals surface area contributed by atoms with Crippen molar-refractivity contribution < 1.29 is 39.2 Å². The van der Waals surface area contributed by atoms with E-state index >= 15 is 0 Å². The number of carbonyl (C=O) groups is 2. The number of rotatable bonds is 11. The van der Waals surface area contributed by atoms with E-state index in [0.29, 0.717) is 39.2 Å². The lowest BCUT2D eigenvalue weighted by Gasteiger charge is -2.22. The first kappa shape index (κ1) is 37.8. The molecule has 0 spiro atoms. The molecule has 0 fully saturated rings. The molecule has 8 rings (SSSR count). The summed E-state index contributed by atoms with van der Waals surface area (Å²) < 4.78 is 11.7. The second-order valence-corrected chi connectivity index (χ2v) is 13.8. The standard InChI is InChI=1S/C44H33ClN4O9/c1-57-44(56)24-10-13-27(43(54)55)29(16-24)37-28-14-15-36(52)31(18-46-34-6-2-4-22-8-11-25(20-50)48-38(22)34)41(28)58-42-30(37)17-33(45)40(53)32(42)19-47-35-7-3-5-23-9-12-26(21-51)49-39(23)35/h2-17,46-47,50-52H,18-21H2,1H3,(H,54,55). The van der Waals surface area contributed by atoms with Gasteiger partial charge >= 0.3 is 11.9 Å². The average Bonchev–Trinajstić information content (AvgIpc) is 3.24. The summed E-state index contributed by atoms with van der Waals surface area (Å²) in [6.07, 6.45) is 0. The number of anilines is 2. The van der Waals surface area contributed by atoms with E-state index in [4.69, 9.17) is 20.8 Å². The third-order valence-corrected chi connectivity index (χ3v) is 10.3. The molecule has 0 saturated heterocycles. The van der Waals surface area contributed by atoms with Gasteiger partial charge in [-0.2, -0.15) is 0 Å². The van der Waals surface area contributed by atoms with Crippen LogP contribution in [-0.4, -0.2) is 49.4 Å². The van der Waals surface area contributed by atoms with Crippen molar-refractivity contribution in [2.24, 2.45) is 0 Å². The van der Waals surface area contributed by atoms with Gasteiger partial charge in [-0.05, 0) is 66.2 Å². The normalized spacial score (nSPS) is 11.4. The molecule has 1 aliphatic carbocycles. The number of phenolic OH excluding ortho intramolecular Hbond substituents is 1. The lowest BCUT2D eigenvalue weighted by molar-refractivity contribution is 0.0598. The molecular weight excluding hydrogens is 764 g/mol. The second kappa shape index (κ2) is 15.5. The number of aromatic hydroxyl groups is 1. The molecule has 0 atom stereocenters. The molecule has 0 saturated carbocycles. The second-order valence-electron chi connectivity index (χ2n) is 13.4. The van der Waals surface area contributed by atoms with E-state index < -0.39 is 17.4 Å². The number of carboxylic acid groups (broad SMARTS) is 1. The number of carboxylic acids is 1. The molecule has 0 radical (unpaired) electrons. The molecule has 2 aliphatic rings. The first-order chi connectivity index (χ1) is 28.1. The van der Waals surface area contributed by atoms with Gasteiger partial charge in [0.15, 0.2) is 0 Å². The van der Waals surface area contributed by atoms with Crippen molar-refractivity contribution >= 4 is 67.7 Å². The summed E-state index contributed by atoms with van der Waals surface area (Å²) >= 11 is 6.69. The summed E-state index contributed by atoms with van der Waals surface area (Å²) in [5, 5.41) is 49.8. The highest BCUT2D eigenvalue weighted by molar-refractivity contribution is 6.31. The van der Waals surface area contributed by atoms with E-state index in [2.05, 4.69) is 20.6 Å². The molecule has 58 heavy (non-hydrogen) atoms. The maximum Gasteiger partial charge on any atom is 0.337 e. The number of methoxy groups -OCH3 is 1. The predicted molar refractivity (Wildman–Crippen MR) is 220 cm³/mol. The molecule has 2 aromatic heterocycles. The van der Waals surface area contributed by atoms with Gasteiger partial charge in [0.25, 0.3) is 0 Å². The van der Waals surface area contributed by atoms with Crippen molar-refractivity contribution in [2.45, 2.75) is 26.3 Å². The maximum atomic E-state index is 14.0. The van der Waals surface area contributed by atoms with Crippen molar-refractivity contribution in [1.82, 2.24) is 9.97 Å². The quantitative estimate of drug-likeness (QED) is 0.0549. The van der Waals surface area contributed by atoms with Gasteiger partial charge in [-0.25, -0.2) is 19.6 Å². The van der Waals surface area contributed by atoms with Gasteiger partial charge in [0.2, 0.25) is 5.43 Å². The zero-order chi connectivity index (χ0) is 40.7. The summed E-state index contributed by atoms with van der Waals surface area (Å²) in [6, 6.07) is 26.5. The Balaban J connectivity index is 1.37. The molecule has 0 bridgehead atoms. The molecule has 6 aromatic rings. The van der Waals surface area contributed by atoms with Crippen LogP contribution >= 0.6 is 11.6 Å². The fourth-order valence-electron chi connectivity index (χ4n) is 7.16. The molecule has 14 heteroatoms. The monoisotopic (exact) mass is 796 g/mol. The number of phenols is 1. The molecule has 0 amide bonds. The smallest absolute Gasteiger partial charge is 0.337 e. The number of carbonyl (C=O) groups excluding carboxylic acids is 1. The van der Waals surface area contributed by atoms with Crippen LogP contribution < -0.4 is 16.1 Å². The van der Waals surface area contributed by atoms with Gasteiger partial charge in [0, 0.05) is 40.4 Å². The number of pyridine rings is 2. The SMILES string of the molecule is COC(=O)c1ccc(C(=O)O)c(-c2c3cc(Cl)c(=O)c(CNc4cccc5ccc(CO)nc45)c-3oc3c(CNc4cccc5ccc(CO)nc45)c(O)ccc23)c1. The Morgan fingerprint density at radius 3 is 1.98 bits per heavy atom. The zero-order valence-corrected chi connectivity index (χ0v) is 31.4. The van der Waals surface area contributed by atoms with Gasteiger partial charge in [-0.15, -0.1) is 0 Å². The number of aliphatic hydroxyl groups is 2. The van der Waals surface area contributed by atoms with Crippen molar-refractivity contribution in [3.8, 4) is 28.2 Å². The predicted octanol–water partition coefficient (Wildman–Crippen LogP) is 7.71. The van der Waals surface area contributed by atoms with Crippen molar-refractivity contribution in [1.29, 1.82) is 0 Å². The van der Waals surface area contributed by atoms with Crippen molar-refractivity contribution in [3.63, 3.8) is 0 Å². The topological polar surface area (TPSA) is 204 Å². The summed E-state index contributed by atoms with van der Waals surface area (Å²) in [4.78, 5) is 48.8. The van der Waals surface area contributed by atoms with Crippen LogP contribution in [0.25, 0.3) is 55.2 Å². The Morgan fingerprint density at radius 1 is 0.776 bits per heavy atom. The van der Waals surface area contributed by atoms with E-state index in [1.54, 1.807) is 30.3 Å². The lowest BCUT2D eigenvalue weighted by Crippen LogP contribution is -2.17. The Labute approximate surface area is 334 Å². The summed E-state index contributed by atoms with van der Waals surface area (Å²) in [5.41, 5.74) is 3.60. The number of esters is 1. The molecule has 3 heterocycles. The highest BCUT2D eigenvalue weighted by Gasteiger charge is 2.29. The van der Waals surface area contributed by atoms with Crippen LogP contribution in [0.4, 0.5) is 11.4 Å². The first-order valence-corrected chi connectivity index (χ1v) is 18.3. The number of ether oxygens (including phenoxy) is 1. The molecular formula is C44H33ClN4O9. The molecule has 290 valence electrons. The number of hydrogen-bond acceptors (Lipinski definition) is 12. The van der Waals surface area contributed by atoms with E-state index in [1.807, 2.05) is 36.4 Å². The molecule has 4 aromatic carbocycles. The zero-order valence-electron chi connectivity index (χ0n) is 30.7. The molecule has 1 aliphatic heterocycles. The molecule has 6 N–H and O–H groups in total. The first-order valence-electron chi connectivity index (χ1n) is 18.0. The molecule has 13 nitrogen and oxygen atoms in total.